The Morgan fingerprint density at radius 1 is 1.24 bits per heavy atom. The lowest BCUT2D eigenvalue weighted by Crippen LogP contribution is -2.02. The van der Waals surface area contributed by atoms with E-state index in [1.54, 1.807) is 4.68 Å². The van der Waals surface area contributed by atoms with Crippen LogP contribution < -0.4 is 0 Å². The topological polar surface area (TPSA) is 38.1 Å². The zero-order valence-electron chi connectivity index (χ0n) is 10.5. The molecule has 3 heteroatoms. The van der Waals surface area contributed by atoms with Crippen molar-refractivity contribution < 1.29 is 5.11 Å². The Morgan fingerprint density at radius 3 is 2.47 bits per heavy atom. The zero-order valence-corrected chi connectivity index (χ0v) is 10.5. The smallest absolute Gasteiger partial charge is 0.164 e. The van der Waals surface area contributed by atoms with Gasteiger partial charge in [-0.2, -0.15) is 5.10 Å². The highest BCUT2D eigenvalue weighted by atomic mass is 16.3. The highest BCUT2D eigenvalue weighted by Gasteiger charge is 2.17. The van der Waals surface area contributed by atoms with Crippen LogP contribution in [0.5, 0.6) is 5.75 Å². The van der Waals surface area contributed by atoms with Crippen molar-refractivity contribution in [2.75, 3.05) is 0 Å². The number of hydrogen-bond donors (Lipinski definition) is 1. The molecule has 0 unspecified atom stereocenters. The Morgan fingerprint density at radius 2 is 1.88 bits per heavy atom. The van der Waals surface area contributed by atoms with Gasteiger partial charge in [0.05, 0.1) is 5.69 Å². The predicted molar refractivity (Wildman–Crippen MR) is 68.9 cm³/mol. The van der Waals surface area contributed by atoms with Crippen LogP contribution in [0.4, 0.5) is 0 Å². The van der Waals surface area contributed by atoms with Crippen LogP contribution in [-0.2, 0) is 13.5 Å². The number of benzene rings is 1. The Kier molecular flexibility index (Phi) is 3.18. The van der Waals surface area contributed by atoms with Crippen LogP contribution in [0.25, 0.3) is 11.3 Å². The molecule has 2 rings (SSSR count). The average Bonchev–Trinajstić information content (AvgIpc) is 2.58. The van der Waals surface area contributed by atoms with Crippen LogP contribution >= 0.6 is 0 Å². The van der Waals surface area contributed by atoms with Gasteiger partial charge in [-0.15, -0.1) is 0 Å². The molecule has 2 aromatic rings. The normalized spacial score (nSPS) is 11.1. The molecule has 0 radical (unpaired) electrons. The van der Waals surface area contributed by atoms with Crippen LogP contribution in [0, 0.1) is 5.92 Å². The second-order valence-electron chi connectivity index (χ2n) is 4.73. The molecule has 90 valence electrons. The molecule has 0 aliphatic carbocycles. The molecule has 0 fully saturated rings. The van der Waals surface area contributed by atoms with Gasteiger partial charge in [-0.3, -0.25) is 4.68 Å². The molecule has 1 aromatic carbocycles. The van der Waals surface area contributed by atoms with E-state index in [-0.39, 0.29) is 0 Å². The first-order chi connectivity index (χ1) is 8.09. The van der Waals surface area contributed by atoms with E-state index in [1.807, 2.05) is 37.4 Å². The minimum absolute atomic E-state index is 0.312. The van der Waals surface area contributed by atoms with Crippen molar-refractivity contribution in [3.8, 4) is 17.0 Å². The summed E-state index contributed by atoms with van der Waals surface area (Å²) in [5, 5.41) is 14.6. The molecule has 17 heavy (non-hydrogen) atoms. The molecule has 0 saturated carbocycles. The molecule has 1 heterocycles. The first kappa shape index (κ1) is 11.7. The minimum Gasteiger partial charge on any atom is -0.504 e. The molecular formula is C14H18N2O. The second-order valence-corrected chi connectivity index (χ2v) is 4.73. The van der Waals surface area contributed by atoms with E-state index in [0.29, 0.717) is 17.4 Å². The van der Waals surface area contributed by atoms with E-state index in [4.69, 9.17) is 0 Å². The molecule has 0 atom stereocenters. The second kappa shape index (κ2) is 4.62. The van der Waals surface area contributed by atoms with Gasteiger partial charge in [0.25, 0.3) is 0 Å². The zero-order chi connectivity index (χ0) is 12.4. The molecular weight excluding hydrogens is 212 g/mol. The van der Waals surface area contributed by atoms with Crippen molar-refractivity contribution >= 4 is 0 Å². The highest BCUT2D eigenvalue weighted by Crippen LogP contribution is 2.32. The van der Waals surface area contributed by atoms with Crippen LogP contribution in [0.2, 0.25) is 0 Å². The molecule has 0 spiro atoms. The summed E-state index contributed by atoms with van der Waals surface area (Å²) in [5.41, 5.74) is 2.53. The number of aromatic nitrogens is 2. The maximum atomic E-state index is 10.2. The van der Waals surface area contributed by atoms with E-state index in [2.05, 4.69) is 18.9 Å². The summed E-state index contributed by atoms with van der Waals surface area (Å²) in [5.74, 6) is 0.812. The van der Waals surface area contributed by atoms with Crippen LogP contribution in [0.1, 0.15) is 19.5 Å². The summed E-state index contributed by atoms with van der Waals surface area (Å²) in [6.07, 6.45) is 0.835. The molecule has 1 aromatic heterocycles. The fraction of sp³-hybridized carbons (Fsp3) is 0.357. The Labute approximate surface area is 102 Å². The van der Waals surface area contributed by atoms with Gasteiger partial charge in [0.2, 0.25) is 0 Å². The van der Waals surface area contributed by atoms with Crippen molar-refractivity contribution in [2.24, 2.45) is 13.0 Å². The fourth-order valence-corrected chi connectivity index (χ4v) is 1.95. The Bertz CT molecular complexity index is 500. The predicted octanol–water partition coefficient (Wildman–Crippen LogP) is 2.99. The average molecular weight is 230 g/mol. The van der Waals surface area contributed by atoms with Crippen LogP contribution in [-0.4, -0.2) is 14.9 Å². The number of nitrogens with zero attached hydrogens (tertiary/aromatic N) is 2. The molecule has 0 bridgehead atoms. The number of hydrogen-bond acceptors (Lipinski definition) is 2. The largest absolute Gasteiger partial charge is 0.504 e. The summed E-state index contributed by atoms with van der Waals surface area (Å²) in [7, 11) is 1.88. The van der Waals surface area contributed by atoms with Gasteiger partial charge in [0, 0.05) is 12.6 Å². The van der Waals surface area contributed by atoms with Crippen molar-refractivity contribution in [3.63, 3.8) is 0 Å². The summed E-state index contributed by atoms with van der Waals surface area (Å²) < 4.78 is 1.78. The van der Waals surface area contributed by atoms with Gasteiger partial charge in [-0.05, 0) is 12.3 Å². The molecule has 3 nitrogen and oxygen atoms in total. The number of rotatable bonds is 3. The van der Waals surface area contributed by atoms with Gasteiger partial charge in [-0.1, -0.05) is 44.2 Å². The first-order valence-electron chi connectivity index (χ1n) is 5.90. The quantitative estimate of drug-likeness (QED) is 0.880. The molecule has 0 saturated heterocycles. The van der Waals surface area contributed by atoms with Gasteiger partial charge < -0.3 is 5.11 Å². The van der Waals surface area contributed by atoms with Crippen molar-refractivity contribution in [2.45, 2.75) is 20.3 Å². The van der Waals surface area contributed by atoms with Gasteiger partial charge in [-0.25, -0.2) is 0 Å². The SMILES string of the molecule is CC(C)Cc1c(O)c(-c2ccccc2)nn1C. The van der Waals surface area contributed by atoms with E-state index >= 15 is 0 Å². The van der Waals surface area contributed by atoms with Crippen molar-refractivity contribution in [1.29, 1.82) is 0 Å². The lowest BCUT2D eigenvalue weighted by molar-refractivity contribution is 0.459. The third-order valence-corrected chi connectivity index (χ3v) is 2.79. The third kappa shape index (κ3) is 2.33. The monoisotopic (exact) mass is 230 g/mol. The summed E-state index contributed by atoms with van der Waals surface area (Å²) in [6.45, 7) is 4.27. The number of aryl methyl sites for hydroxylation is 1. The Hall–Kier alpha value is -1.77. The van der Waals surface area contributed by atoms with Crippen LogP contribution in [0.3, 0.4) is 0 Å². The molecule has 1 N–H and O–H groups in total. The van der Waals surface area contributed by atoms with E-state index in [9.17, 15) is 5.11 Å². The van der Waals surface area contributed by atoms with E-state index < -0.39 is 0 Å². The molecule has 0 aliphatic rings. The van der Waals surface area contributed by atoms with E-state index in [1.165, 1.54) is 0 Å². The third-order valence-electron chi connectivity index (χ3n) is 2.79. The number of aromatic hydroxyl groups is 1. The Balaban J connectivity index is 2.44. The van der Waals surface area contributed by atoms with Gasteiger partial charge >= 0.3 is 0 Å². The molecule has 0 amide bonds. The molecule has 0 aliphatic heterocycles. The lowest BCUT2D eigenvalue weighted by Gasteiger charge is -2.05. The summed E-state index contributed by atoms with van der Waals surface area (Å²) >= 11 is 0. The van der Waals surface area contributed by atoms with E-state index in [0.717, 1.165) is 17.7 Å². The summed E-state index contributed by atoms with van der Waals surface area (Å²) in [4.78, 5) is 0. The van der Waals surface area contributed by atoms with Crippen LogP contribution in [0.15, 0.2) is 30.3 Å². The summed E-state index contributed by atoms with van der Waals surface area (Å²) in [6, 6.07) is 9.78. The van der Waals surface area contributed by atoms with Crippen molar-refractivity contribution in [3.05, 3.63) is 36.0 Å². The van der Waals surface area contributed by atoms with Gasteiger partial charge in [0.15, 0.2) is 5.75 Å². The highest BCUT2D eigenvalue weighted by molar-refractivity contribution is 5.67. The maximum Gasteiger partial charge on any atom is 0.164 e. The van der Waals surface area contributed by atoms with Gasteiger partial charge in [0.1, 0.15) is 5.69 Å². The standard InChI is InChI=1S/C14H18N2O/c1-10(2)9-12-14(17)13(15-16(12)3)11-7-5-4-6-8-11/h4-8,10,17H,9H2,1-3H3. The first-order valence-corrected chi connectivity index (χ1v) is 5.90. The minimum atomic E-state index is 0.312. The van der Waals surface area contributed by atoms with Crippen molar-refractivity contribution in [1.82, 2.24) is 9.78 Å². The fourth-order valence-electron chi connectivity index (χ4n) is 1.95. The maximum absolute atomic E-state index is 10.2. The lowest BCUT2D eigenvalue weighted by atomic mass is 10.1.